The molecule has 3 rings (SSSR count). The molecule has 6 nitrogen and oxygen atoms in total. The van der Waals surface area contributed by atoms with Gasteiger partial charge in [-0.1, -0.05) is 29.8 Å². The zero-order chi connectivity index (χ0) is 19.4. The number of likely N-dealkylation sites (N-methyl/N-ethyl adjacent to an activating group) is 1. The first-order chi connectivity index (χ1) is 13.0. The maximum absolute atomic E-state index is 12.7. The van der Waals surface area contributed by atoms with E-state index >= 15 is 0 Å². The zero-order valence-corrected chi connectivity index (χ0v) is 16.4. The topological polar surface area (TPSA) is 63.1 Å². The highest BCUT2D eigenvalue weighted by molar-refractivity contribution is 7.71. The van der Waals surface area contributed by atoms with Gasteiger partial charge in [-0.2, -0.15) is 5.10 Å². The van der Waals surface area contributed by atoms with Gasteiger partial charge in [0.15, 0.2) is 10.6 Å². The van der Waals surface area contributed by atoms with Crippen molar-refractivity contribution >= 4 is 18.1 Å². The highest BCUT2D eigenvalue weighted by atomic mass is 32.1. The van der Waals surface area contributed by atoms with Gasteiger partial charge in [-0.05, 0) is 49.0 Å². The van der Waals surface area contributed by atoms with E-state index in [4.69, 9.17) is 17.0 Å². The third-order valence-corrected chi connectivity index (χ3v) is 4.68. The Balaban J connectivity index is 1.76. The summed E-state index contributed by atoms with van der Waals surface area (Å²) in [6.45, 7) is 2.71. The van der Waals surface area contributed by atoms with Crippen molar-refractivity contribution in [3.63, 3.8) is 0 Å². The fourth-order valence-corrected chi connectivity index (χ4v) is 2.93. The monoisotopic (exact) mass is 382 g/mol. The van der Waals surface area contributed by atoms with Gasteiger partial charge in [0.25, 0.3) is 0 Å². The van der Waals surface area contributed by atoms with Gasteiger partial charge in [0.2, 0.25) is 5.91 Å². The maximum atomic E-state index is 12.7. The number of carbonyl (C=O) groups is 1. The van der Waals surface area contributed by atoms with E-state index < -0.39 is 0 Å². The fourth-order valence-electron chi connectivity index (χ4n) is 2.74. The summed E-state index contributed by atoms with van der Waals surface area (Å²) in [5.41, 5.74) is 3.14. The predicted octanol–water partition coefficient (Wildman–Crippen LogP) is 3.58. The van der Waals surface area contributed by atoms with Crippen LogP contribution in [-0.4, -0.2) is 39.7 Å². The van der Waals surface area contributed by atoms with Crippen LogP contribution in [0.2, 0.25) is 0 Å². The van der Waals surface area contributed by atoms with Crippen molar-refractivity contribution in [2.45, 2.75) is 20.0 Å². The van der Waals surface area contributed by atoms with Crippen LogP contribution in [0.1, 0.15) is 11.1 Å². The molecule has 1 heterocycles. The van der Waals surface area contributed by atoms with Crippen LogP contribution in [0, 0.1) is 11.7 Å². The SMILES string of the molecule is COc1ccc(-c2n[nH]c(=S)n2CC(=O)N(C)Cc2ccc(C)cc2)cc1. The Morgan fingerprint density at radius 1 is 1.19 bits per heavy atom. The number of aromatic amines is 1. The second-order valence-corrected chi connectivity index (χ2v) is 6.79. The van der Waals surface area contributed by atoms with Crippen LogP contribution in [-0.2, 0) is 17.9 Å². The predicted molar refractivity (Wildman–Crippen MR) is 107 cm³/mol. The summed E-state index contributed by atoms with van der Waals surface area (Å²) in [4.78, 5) is 14.4. The van der Waals surface area contributed by atoms with Crippen LogP contribution in [0.3, 0.4) is 0 Å². The van der Waals surface area contributed by atoms with Crippen LogP contribution < -0.4 is 4.74 Å². The molecule has 0 aliphatic carbocycles. The van der Waals surface area contributed by atoms with Crippen molar-refractivity contribution in [1.82, 2.24) is 19.7 Å². The Hall–Kier alpha value is -2.93. The average molecular weight is 382 g/mol. The Morgan fingerprint density at radius 3 is 2.48 bits per heavy atom. The molecule has 0 atom stereocenters. The average Bonchev–Trinajstić information content (AvgIpc) is 3.04. The van der Waals surface area contributed by atoms with E-state index in [1.807, 2.05) is 55.5 Å². The van der Waals surface area contributed by atoms with Gasteiger partial charge in [0, 0.05) is 19.2 Å². The van der Waals surface area contributed by atoms with Crippen LogP contribution in [0.5, 0.6) is 5.75 Å². The number of H-pyrrole nitrogens is 1. The maximum Gasteiger partial charge on any atom is 0.242 e. The van der Waals surface area contributed by atoms with E-state index in [2.05, 4.69) is 10.2 Å². The van der Waals surface area contributed by atoms with Crippen molar-refractivity contribution in [2.75, 3.05) is 14.2 Å². The lowest BCUT2D eigenvalue weighted by molar-refractivity contribution is -0.131. The van der Waals surface area contributed by atoms with Crippen molar-refractivity contribution in [3.05, 3.63) is 64.4 Å². The molecule has 0 aliphatic heterocycles. The molecule has 1 amide bonds. The second-order valence-electron chi connectivity index (χ2n) is 6.40. The molecule has 1 aromatic heterocycles. The van der Waals surface area contributed by atoms with Gasteiger partial charge in [0.1, 0.15) is 12.3 Å². The lowest BCUT2D eigenvalue weighted by Gasteiger charge is -2.18. The molecule has 3 aromatic rings. The van der Waals surface area contributed by atoms with Crippen molar-refractivity contribution in [3.8, 4) is 17.1 Å². The molecule has 0 unspecified atom stereocenters. The van der Waals surface area contributed by atoms with Gasteiger partial charge in [-0.15, -0.1) is 0 Å². The molecule has 0 bridgehead atoms. The van der Waals surface area contributed by atoms with Crippen molar-refractivity contribution in [2.24, 2.45) is 0 Å². The number of rotatable bonds is 6. The van der Waals surface area contributed by atoms with Gasteiger partial charge in [0.05, 0.1) is 7.11 Å². The van der Waals surface area contributed by atoms with E-state index in [9.17, 15) is 4.79 Å². The quantitative estimate of drug-likeness (QED) is 0.662. The van der Waals surface area contributed by atoms with Gasteiger partial charge >= 0.3 is 0 Å². The molecule has 2 aromatic carbocycles. The van der Waals surface area contributed by atoms with Crippen molar-refractivity contribution in [1.29, 1.82) is 0 Å². The third-order valence-electron chi connectivity index (χ3n) is 4.37. The summed E-state index contributed by atoms with van der Waals surface area (Å²) in [7, 11) is 3.41. The number of aryl methyl sites for hydroxylation is 1. The molecule has 0 fully saturated rings. The summed E-state index contributed by atoms with van der Waals surface area (Å²) in [5, 5.41) is 7.06. The summed E-state index contributed by atoms with van der Waals surface area (Å²) < 4.78 is 7.31. The van der Waals surface area contributed by atoms with E-state index in [0.29, 0.717) is 17.1 Å². The third kappa shape index (κ3) is 4.43. The number of aromatic nitrogens is 3. The largest absolute Gasteiger partial charge is 0.497 e. The molecular weight excluding hydrogens is 360 g/mol. The van der Waals surface area contributed by atoms with E-state index in [0.717, 1.165) is 16.9 Å². The minimum atomic E-state index is -0.0390. The normalized spacial score (nSPS) is 10.6. The molecule has 1 N–H and O–H groups in total. The van der Waals surface area contributed by atoms with E-state index in [-0.39, 0.29) is 12.5 Å². The highest BCUT2D eigenvalue weighted by Gasteiger charge is 2.15. The molecule has 0 saturated carbocycles. The summed E-state index contributed by atoms with van der Waals surface area (Å²) in [6.07, 6.45) is 0. The summed E-state index contributed by atoms with van der Waals surface area (Å²) in [6, 6.07) is 15.6. The first-order valence-electron chi connectivity index (χ1n) is 8.57. The first-order valence-corrected chi connectivity index (χ1v) is 8.98. The molecule has 0 radical (unpaired) electrons. The fraction of sp³-hybridized carbons (Fsp3) is 0.250. The molecular formula is C20H22N4O2S. The smallest absolute Gasteiger partial charge is 0.242 e. The molecule has 0 spiro atoms. The number of benzene rings is 2. The van der Waals surface area contributed by atoms with Gasteiger partial charge < -0.3 is 9.64 Å². The van der Waals surface area contributed by atoms with E-state index in [1.165, 1.54) is 5.56 Å². The minimum absolute atomic E-state index is 0.0390. The van der Waals surface area contributed by atoms with Gasteiger partial charge in [-0.25, -0.2) is 0 Å². The van der Waals surface area contributed by atoms with Gasteiger partial charge in [-0.3, -0.25) is 14.5 Å². The Morgan fingerprint density at radius 2 is 1.85 bits per heavy atom. The number of nitrogens with one attached hydrogen (secondary N) is 1. The number of methoxy groups -OCH3 is 1. The van der Waals surface area contributed by atoms with Crippen LogP contribution >= 0.6 is 12.2 Å². The highest BCUT2D eigenvalue weighted by Crippen LogP contribution is 2.21. The summed E-state index contributed by atoms with van der Waals surface area (Å²) in [5.74, 6) is 1.34. The number of hydrogen-bond acceptors (Lipinski definition) is 4. The van der Waals surface area contributed by atoms with Crippen LogP contribution in [0.4, 0.5) is 0 Å². The minimum Gasteiger partial charge on any atom is -0.497 e. The number of carbonyl (C=O) groups excluding carboxylic acids is 1. The molecule has 0 saturated heterocycles. The molecule has 140 valence electrons. The summed E-state index contributed by atoms with van der Waals surface area (Å²) >= 11 is 5.32. The lowest BCUT2D eigenvalue weighted by atomic mass is 10.1. The molecule has 0 aliphatic rings. The molecule has 7 heteroatoms. The Kier molecular flexibility index (Phi) is 5.71. The first kappa shape index (κ1) is 18.8. The number of hydrogen-bond donors (Lipinski definition) is 1. The van der Waals surface area contributed by atoms with Crippen LogP contribution in [0.15, 0.2) is 48.5 Å². The number of ether oxygens (including phenoxy) is 1. The number of amides is 1. The second kappa shape index (κ2) is 8.18. The lowest BCUT2D eigenvalue weighted by Crippen LogP contribution is -2.30. The van der Waals surface area contributed by atoms with Crippen LogP contribution in [0.25, 0.3) is 11.4 Å². The Bertz CT molecular complexity index is 974. The zero-order valence-electron chi connectivity index (χ0n) is 15.6. The van der Waals surface area contributed by atoms with Crippen molar-refractivity contribution < 1.29 is 9.53 Å². The van der Waals surface area contributed by atoms with E-state index in [1.54, 1.807) is 23.6 Å². The number of nitrogens with zero attached hydrogens (tertiary/aromatic N) is 3. The molecule has 27 heavy (non-hydrogen) atoms. The standard InChI is InChI=1S/C20H22N4O2S/c1-14-4-6-15(7-5-14)12-23(2)18(25)13-24-19(21-22-20(24)27)16-8-10-17(26-3)11-9-16/h4-11H,12-13H2,1-3H3,(H,22,27). The Labute approximate surface area is 163 Å².